The molecule has 0 radical (unpaired) electrons. The largest absolute Gasteiger partial charge is 0.465 e. The van der Waals surface area contributed by atoms with E-state index in [-0.39, 0.29) is 28.3 Å². The highest BCUT2D eigenvalue weighted by atomic mass is 35.5. The Kier molecular flexibility index (Phi) is 5.06. The summed E-state index contributed by atoms with van der Waals surface area (Å²) in [6.07, 6.45) is 3.72. The summed E-state index contributed by atoms with van der Waals surface area (Å²) in [6.45, 7) is 1.32. The molecule has 1 aromatic carbocycles. The van der Waals surface area contributed by atoms with E-state index in [1.165, 1.54) is 13.2 Å². The number of benzene rings is 1. The molecule has 1 aliphatic heterocycles. The summed E-state index contributed by atoms with van der Waals surface area (Å²) < 4.78 is 6.39. The highest BCUT2D eigenvalue weighted by Gasteiger charge is 2.34. The van der Waals surface area contributed by atoms with E-state index in [1.54, 1.807) is 23.0 Å². The number of ether oxygens (including phenoxy) is 1. The minimum Gasteiger partial charge on any atom is -0.465 e. The maximum atomic E-state index is 12.7. The quantitative estimate of drug-likeness (QED) is 0.810. The summed E-state index contributed by atoms with van der Waals surface area (Å²) in [4.78, 5) is 24.2. The Hall–Kier alpha value is -2.38. The van der Waals surface area contributed by atoms with Crippen molar-refractivity contribution in [3.63, 3.8) is 0 Å². The molecule has 25 heavy (non-hydrogen) atoms. The van der Waals surface area contributed by atoms with Crippen molar-refractivity contribution < 1.29 is 14.3 Å². The number of hydrogen-bond acceptors (Lipinski definition) is 5. The molecule has 3 rings (SSSR count). The van der Waals surface area contributed by atoms with E-state index in [4.69, 9.17) is 11.6 Å². The van der Waals surface area contributed by atoms with E-state index in [0.29, 0.717) is 12.2 Å². The number of anilines is 1. The molecule has 1 amide bonds. The molecule has 2 atom stereocenters. The second kappa shape index (κ2) is 7.25. The van der Waals surface area contributed by atoms with Crippen molar-refractivity contribution in [3.8, 4) is 0 Å². The molecular weight excluding hydrogens is 344 g/mol. The molecule has 1 saturated heterocycles. The lowest BCUT2D eigenvalue weighted by Crippen LogP contribution is -2.28. The summed E-state index contributed by atoms with van der Waals surface area (Å²) >= 11 is 6.10. The maximum Gasteiger partial charge on any atom is 0.339 e. The SMILES string of the molecule is COC(=O)c1ccc(NC(=O)[C@H]2CNC[C@@H]2c2cnn(C)c2)cc1Cl. The number of nitrogens with zero attached hydrogens (tertiary/aromatic N) is 2. The van der Waals surface area contributed by atoms with Gasteiger partial charge in [0.2, 0.25) is 5.91 Å². The molecule has 2 N–H and O–H groups in total. The highest BCUT2D eigenvalue weighted by molar-refractivity contribution is 6.34. The average molecular weight is 363 g/mol. The molecule has 132 valence electrons. The zero-order valence-corrected chi connectivity index (χ0v) is 14.7. The van der Waals surface area contributed by atoms with Gasteiger partial charge in [0.05, 0.1) is 29.8 Å². The summed E-state index contributed by atoms with van der Waals surface area (Å²) in [5.41, 5.74) is 1.84. The third-order valence-electron chi connectivity index (χ3n) is 4.35. The molecule has 0 spiro atoms. The number of nitrogens with one attached hydrogen (secondary N) is 2. The minimum absolute atomic E-state index is 0.0681. The van der Waals surface area contributed by atoms with Crippen molar-refractivity contribution in [3.05, 3.63) is 46.7 Å². The molecule has 1 aromatic heterocycles. The van der Waals surface area contributed by atoms with E-state index in [2.05, 4.69) is 20.5 Å². The van der Waals surface area contributed by atoms with Gasteiger partial charge in [-0.05, 0) is 23.8 Å². The van der Waals surface area contributed by atoms with Crippen molar-refractivity contribution in [1.82, 2.24) is 15.1 Å². The van der Waals surface area contributed by atoms with Gasteiger partial charge in [0.15, 0.2) is 0 Å². The monoisotopic (exact) mass is 362 g/mol. The first-order chi connectivity index (χ1) is 12.0. The lowest BCUT2D eigenvalue weighted by molar-refractivity contribution is -0.119. The summed E-state index contributed by atoms with van der Waals surface area (Å²) in [7, 11) is 3.14. The van der Waals surface area contributed by atoms with Gasteiger partial charge >= 0.3 is 5.97 Å². The minimum atomic E-state index is -0.514. The van der Waals surface area contributed by atoms with Gasteiger partial charge in [-0.3, -0.25) is 9.48 Å². The lowest BCUT2D eigenvalue weighted by atomic mass is 9.90. The fourth-order valence-electron chi connectivity index (χ4n) is 3.04. The molecule has 1 aliphatic rings. The number of aromatic nitrogens is 2. The van der Waals surface area contributed by atoms with Crippen molar-refractivity contribution in [1.29, 1.82) is 0 Å². The fraction of sp³-hybridized carbons (Fsp3) is 0.353. The van der Waals surface area contributed by atoms with Gasteiger partial charge in [0, 0.05) is 37.9 Å². The van der Waals surface area contributed by atoms with Crippen LogP contribution in [0.4, 0.5) is 5.69 Å². The van der Waals surface area contributed by atoms with Crippen molar-refractivity contribution in [2.45, 2.75) is 5.92 Å². The molecule has 0 bridgehead atoms. The van der Waals surface area contributed by atoms with Crippen LogP contribution < -0.4 is 10.6 Å². The normalized spacial score (nSPS) is 19.6. The van der Waals surface area contributed by atoms with Crippen LogP contribution in [0.5, 0.6) is 0 Å². The predicted octanol–water partition coefficient (Wildman–Crippen LogP) is 1.80. The topological polar surface area (TPSA) is 85.2 Å². The average Bonchev–Trinajstić information content (AvgIpc) is 3.22. The molecule has 0 unspecified atom stereocenters. The number of esters is 1. The highest BCUT2D eigenvalue weighted by Crippen LogP contribution is 2.29. The number of carbonyl (C=O) groups excluding carboxylic acids is 2. The van der Waals surface area contributed by atoms with Gasteiger partial charge in [-0.2, -0.15) is 5.10 Å². The summed E-state index contributed by atoms with van der Waals surface area (Å²) in [6, 6.07) is 4.72. The summed E-state index contributed by atoms with van der Waals surface area (Å²) in [5.74, 6) is -0.748. The van der Waals surface area contributed by atoms with Crippen LogP contribution >= 0.6 is 11.6 Å². The third kappa shape index (κ3) is 3.67. The van der Waals surface area contributed by atoms with Gasteiger partial charge in [-0.1, -0.05) is 11.6 Å². The number of halogens is 1. The Bertz CT molecular complexity index is 805. The van der Waals surface area contributed by atoms with E-state index in [1.807, 2.05) is 13.2 Å². The van der Waals surface area contributed by atoms with E-state index in [9.17, 15) is 9.59 Å². The second-order valence-corrected chi connectivity index (χ2v) is 6.40. The first-order valence-corrected chi connectivity index (χ1v) is 8.25. The van der Waals surface area contributed by atoms with Crippen LogP contribution in [0.3, 0.4) is 0 Å². The molecule has 0 saturated carbocycles. The van der Waals surface area contributed by atoms with Gasteiger partial charge in [-0.25, -0.2) is 4.79 Å². The molecule has 2 heterocycles. The summed E-state index contributed by atoms with van der Waals surface area (Å²) in [5, 5.41) is 10.5. The number of amides is 1. The van der Waals surface area contributed by atoms with Crippen LogP contribution in [0.15, 0.2) is 30.6 Å². The molecule has 0 aliphatic carbocycles. The zero-order chi connectivity index (χ0) is 18.0. The third-order valence-corrected chi connectivity index (χ3v) is 4.66. The maximum absolute atomic E-state index is 12.7. The van der Waals surface area contributed by atoms with Crippen molar-refractivity contribution in [2.24, 2.45) is 13.0 Å². The van der Waals surface area contributed by atoms with Crippen LogP contribution in [0.1, 0.15) is 21.8 Å². The molecular formula is C17H19ClN4O3. The molecule has 1 fully saturated rings. The van der Waals surface area contributed by atoms with Gasteiger partial charge < -0.3 is 15.4 Å². The van der Waals surface area contributed by atoms with Gasteiger partial charge in [0.1, 0.15) is 0 Å². The van der Waals surface area contributed by atoms with Crippen LogP contribution in [0.25, 0.3) is 0 Å². The molecule has 2 aromatic rings. The predicted molar refractivity (Wildman–Crippen MR) is 93.7 cm³/mol. The molecule has 7 nitrogen and oxygen atoms in total. The van der Waals surface area contributed by atoms with Crippen LogP contribution in [-0.2, 0) is 16.6 Å². The second-order valence-electron chi connectivity index (χ2n) is 5.99. The Morgan fingerprint density at radius 3 is 2.84 bits per heavy atom. The number of aryl methyl sites for hydroxylation is 1. The number of methoxy groups -OCH3 is 1. The van der Waals surface area contributed by atoms with Gasteiger partial charge in [-0.15, -0.1) is 0 Å². The number of hydrogen-bond donors (Lipinski definition) is 2. The molecule has 8 heteroatoms. The van der Waals surface area contributed by atoms with E-state index in [0.717, 1.165) is 12.1 Å². The standard InChI is InChI=1S/C17H19ClN4O3/c1-22-9-10(6-20-22)13-7-19-8-14(13)16(23)21-11-3-4-12(15(18)5-11)17(24)25-2/h3-6,9,13-14,19H,7-8H2,1-2H3,(H,21,23)/t13-,14+/m1/s1. The van der Waals surface area contributed by atoms with Crippen LogP contribution in [-0.4, -0.2) is 41.9 Å². The Morgan fingerprint density at radius 2 is 2.20 bits per heavy atom. The van der Waals surface area contributed by atoms with Crippen molar-refractivity contribution >= 4 is 29.2 Å². The zero-order valence-electron chi connectivity index (χ0n) is 14.0. The Labute approximate surface area is 150 Å². The van der Waals surface area contributed by atoms with Crippen LogP contribution in [0, 0.1) is 5.92 Å². The number of carbonyl (C=O) groups is 2. The van der Waals surface area contributed by atoms with E-state index >= 15 is 0 Å². The lowest BCUT2D eigenvalue weighted by Gasteiger charge is -2.17. The van der Waals surface area contributed by atoms with Gasteiger partial charge in [0.25, 0.3) is 0 Å². The number of rotatable bonds is 4. The first-order valence-electron chi connectivity index (χ1n) is 7.87. The Balaban J connectivity index is 1.73. The first kappa shape index (κ1) is 17.4. The smallest absolute Gasteiger partial charge is 0.339 e. The van der Waals surface area contributed by atoms with Crippen molar-refractivity contribution in [2.75, 3.05) is 25.5 Å². The van der Waals surface area contributed by atoms with E-state index < -0.39 is 5.97 Å². The Morgan fingerprint density at radius 1 is 1.40 bits per heavy atom. The fourth-order valence-corrected chi connectivity index (χ4v) is 3.30. The van der Waals surface area contributed by atoms with Crippen LogP contribution in [0.2, 0.25) is 5.02 Å².